The lowest BCUT2D eigenvalue weighted by Crippen LogP contribution is -2.40. The van der Waals surface area contributed by atoms with Gasteiger partial charge in [0.15, 0.2) is 34.5 Å². The summed E-state index contributed by atoms with van der Waals surface area (Å²) in [6, 6.07) is 19.4. The van der Waals surface area contributed by atoms with Crippen LogP contribution in [0.1, 0.15) is 57.1 Å². The molecule has 0 saturated carbocycles. The summed E-state index contributed by atoms with van der Waals surface area (Å²) in [5, 5.41) is 0. The topological polar surface area (TPSA) is 71.1 Å². The molecule has 4 aromatic carbocycles. The first kappa shape index (κ1) is 32.9. The van der Waals surface area contributed by atoms with E-state index in [2.05, 4.69) is 66.4 Å². The Hall–Kier alpha value is -4.60. The van der Waals surface area contributed by atoms with E-state index in [0.717, 1.165) is 55.0 Å². The van der Waals surface area contributed by atoms with Crippen molar-refractivity contribution in [1.29, 1.82) is 0 Å². The van der Waals surface area contributed by atoms with Crippen molar-refractivity contribution in [1.82, 2.24) is 9.80 Å². The molecule has 0 saturated heterocycles. The molecule has 0 radical (unpaired) electrons. The Morgan fingerprint density at radius 3 is 1.88 bits per heavy atom. The van der Waals surface area contributed by atoms with Gasteiger partial charge in [-0.05, 0) is 116 Å². The molecule has 3 atom stereocenters. The second-order valence-electron chi connectivity index (χ2n) is 13.1. The van der Waals surface area contributed by atoms with Crippen molar-refractivity contribution in [2.24, 2.45) is 0 Å². The molecule has 3 aliphatic heterocycles. The van der Waals surface area contributed by atoms with Gasteiger partial charge in [0.25, 0.3) is 0 Å². The first-order chi connectivity index (χ1) is 23.8. The van der Waals surface area contributed by atoms with Crippen LogP contribution in [0.25, 0.3) is 0 Å². The molecule has 0 amide bonds. The Bertz CT molecular complexity index is 1860. The fraction of sp³-hybridized carbons (Fsp3) is 0.400. The fourth-order valence-electron chi connectivity index (χ4n) is 8.06. The highest BCUT2D eigenvalue weighted by Crippen LogP contribution is 2.56. The van der Waals surface area contributed by atoms with E-state index in [4.69, 9.17) is 33.2 Å². The van der Waals surface area contributed by atoms with E-state index in [9.17, 15) is 0 Å². The second-order valence-corrected chi connectivity index (χ2v) is 13.1. The lowest BCUT2D eigenvalue weighted by molar-refractivity contribution is 0.135. The first-order valence-electron chi connectivity index (χ1n) is 16.8. The number of hydrogen-bond acceptors (Lipinski definition) is 9. The third-order valence-corrected chi connectivity index (χ3v) is 10.8. The molecule has 0 aliphatic carbocycles. The SMILES string of the molecule is COc1ccc(C[C@H]2c3cc(Oc4c5c(cc(OC)c4OC)[C@H]4Cc6cc(OC)c(OC)cc6[C@@H](C5)N4C)c(OC)cc3CCN2C)cc1. The highest BCUT2D eigenvalue weighted by molar-refractivity contribution is 5.65. The molecule has 0 N–H and O–H groups in total. The van der Waals surface area contributed by atoms with Gasteiger partial charge in [-0.25, -0.2) is 0 Å². The van der Waals surface area contributed by atoms with Gasteiger partial charge in [0.1, 0.15) is 5.75 Å². The summed E-state index contributed by atoms with van der Waals surface area (Å²) < 4.78 is 41.8. The molecule has 258 valence electrons. The van der Waals surface area contributed by atoms with Crippen LogP contribution in [0.15, 0.2) is 54.6 Å². The van der Waals surface area contributed by atoms with Gasteiger partial charge in [0.2, 0.25) is 5.75 Å². The number of likely N-dealkylation sites (N-methyl/N-ethyl adjacent to an activating group) is 2. The van der Waals surface area contributed by atoms with E-state index >= 15 is 0 Å². The molecule has 9 heteroatoms. The van der Waals surface area contributed by atoms with Crippen molar-refractivity contribution in [3.63, 3.8) is 0 Å². The Kier molecular flexibility index (Phi) is 8.98. The zero-order valence-electron chi connectivity index (χ0n) is 29.7. The first-order valence-corrected chi connectivity index (χ1v) is 16.8. The number of rotatable bonds is 10. The monoisotopic (exact) mass is 666 g/mol. The van der Waals surface area contributed by atoms with Crippen LogP contribution < -0.4 is 33.2 Å². The van der Waals surface area contributed by atoms with E-state index in [1.807, 2.05) is 12.1 Å². The van der Waals surface area contributed by atoms with Crippen LogP contribution in [0, 0.1) is 0 Å². The van der Waals surface area contributed by atoms with Crippen molar-refractivity contribution >= 4 is 0 Å². The predicted octanol–water partition coefficient (Wildman–Crippen LogP) is 7.13. The summed E-state index contributed by atoms with van der Waals surface area (Å²) in [5.74, 6) is 5.55. The second kappa shape index (κ2) is 13.4. The van der Waals surface area contributed by atoms with Gasteiger partial charge in [0, 0.05) is 30.2 Å². The molecule has 0 fully saturated rings. The molecule has 0 spiro atoms. The van der Waals surface area contributed by atoms with Gasteiger partial charge < -0.3 is 33.2 Å². The summed E-state index contributed by atoms with van der Waals surface area (Å²) in [6.07, 6.45) is 3.33. The molecule has 0 unspecified atom stereocenters. The summed E-state index contributed by atoms with van der Waals surface area (Å²) in [7, 11) is 14.5. The van der Waals surface area contributed by atoms with Crippen LogP contribution in [-0.4, -0.2) is 73.1 Å². The number of methoxy groups -OCH3 is 6. The van der Waals surface area contributed by atoms with Gasteiger partial charge in [-0.2, -0.15) is 0 Å². The van der Waals surface area contributed by atoms with Crippen LogP contribution in [0.3, 0.4) is 0 Å². The number of fused-ring (bicyclic) bond motifs is 7. The van der Waals surface area contributed by atoms with Gasteiger partial charge in [-0.3, -0.25) is 9.80 Å². The fourth-order valence-corrected chi connectivity index (χ4v) is 8.06. The van der Waals surface area contributed by atoms with Crippen LogP contribution >= 0.6 is 0 Å². The minimum Gasteiger partial charge on any atom is -0.497 e. The molecule has 0 aromatic heterocycles. The van der Waals surface area contributed by atoms with Crippen molar-refractivity contribution in [3.05, 3.63) is 93.5 Å². The predicted molar refractivity (Wildman–Crippen MR) is 189 cm³/mol. The molecule has 3 aliphatic rings. The molecule has 2 bridgehead atoms. The average molecular weight is 667 g/mol. The molecule has 4 aromatic rings. The van der Waals surface area contributed by atoms with Gasteiger partial charge in [0.05, 0.1) is 42.7 Å². The Morgan fingerprint density at radius 2 is 1.20 bits per heavy atom. The molecular formula is C40H46N2O7. The maximum absolute atomic E-state index is 7.04. The minimum atomic E-state index is 0.106. The van der Waals surface area contributed by atoms with E-state index in [0.29, 0.717) is 28.7 Å². The van der Waals surface area contributed by atoms with Crippen LogP contribution in [0.5, 0.6) is 46.0 Å². The van der Waals surface area contributed by atoms with E-state index < -0.39 is 0 Å². The standard InChI is InChI=1S/C40H46N2O7/c1-41-14-13-24-17-35(45-5)37(21-27(24)31(41)15-23-9-11-26(43-3)12-10-23)49-39-30-19-33-28-20-36(46-6)34(44-4)18-25(28)16-32(42(33)2)29(30)22-38(47-7)40(39)48-8/h9-12,17-18,20-22,31-33H,13-16,19H2,1-8H3/t31-,32+,33+/m0/s1. The van der Waals surface area contributed by atoms with Crippen LogP contribution in [0.4, 0.5) is 0 Å². The van der Waals surface area contributed by atoms with Crippen molar-refractivity contribution in [2.75, 3.05) is 63.3 Å². The Morgan fingerprint density at radius 1 is 0.592 bits per heavy atom. The maximum atomic E-state index is 7.04. The van der Waals surface area contributed by atoms with Crippen molar-refractivity contribution in [3.8, 4) is 46.0 Å². The third-order valence-electron chi connectivity index (χ3n) is 10.8. The number of benzene rings is 4. The van der Waals surface area contributed by atoms with E-state index in [1.54, 1.807) is 42.7 Å². The van der Waals surface area contributed by atoms with Gasteiger partial charge in [-0.1, -0.05) is 12.1 Å². The van der Waals surface area contributed by atoms with E-state index in [1.165, 1.54) is 33.4 Å². The van der Waals surface area contributed by atoms with Crippen LogP contribution in [-0.2, 0) is 25.7 Å². The highest BCUT2D eigenvalue weighted by Gasteiger charge is 2.42. The molecule has 9 nitrogen and oxygen atoms in total. The number of ether oxygens (including phenoxy) is 7. The smallest absolute Gasteiger partial charge is 0.204 e. The van der Waals surface area contributed by atoms with E-state index in [-0.39, 0.29) is 18.1 Å². The summed E-state index contributed by atoms with van der Waals surface area (Å²) in [5.41, 5.74) is 8.53. The lowest BCUT2D eigenvalue weighted by atomic mass is 9.76. The zero-order chi connectivity index (χ0) is 34.4. The number of hydrogen-bond donors (Lipinski definition) is 0. The van der Waals surface area contributed by atoms with Crippen molar-refractivity contribution in [2.45, 2.75) is 43.8 Å². The largest absolute Gasteiger partial charge is 0.497 e. The molecule has 3 heterocycles. The molecular weight excluding hydrogens is 620 g/mol. The maximum Gasteiger partial charge on any atom is 0.204 e. The normalized spacial score (nSPS) is 19.6. The van der Waals surface area contributed by atoms with Crippen LogP contribution in [0.2, 0.25) is 0 Å². The van der Waals surface area contributed by atoms with Gasteiger partial charge in [-0.15, -0.1) is 0 Å². The Labute approximate surface area is 289 Å². The zero-order valence-corrected chi connectivity index (χ0v) is 29.7. The quantitative estimate of drug-likeness (QED) is 0.176. The summed E-state index contributed by atoms with van der Waals surface area (Å²) >= 11 is 0. The number of nitrogens with zero attached hydrogens (tertiary/aromatic N) is 2. The molecule has 7 rings (SSSR count). The third kappa shape index (κ3) is 5.68. The minimum absolute atomic E-state index is 0.106. The summed E-state index contributed by atoms with van der Waals surface area (Å²) in [6.45, 7) is 0.961. The molecule has 49 heavy (non-hydrogen) atoms. The lowest BCUT2D eigenvalue weighted by Gasteiger charge is -2.46. The Balaban J connectivity index is 1.32. The average Bonchev–Trinajstić information content (AvgIpc) is 3.12. The van der Waals surface area contributed by atoms with Crippen molar-refractivity contribution < 1.29 is 33.2 Å². The summed E-state index contributed by atoms with van der Waals surface area (Å²) in [4.78, 5) is 4.87. The highest BCUT2D eigenvalue weighted by atomic mass is 16.5. The van der Waals surface area contributed by atoms with Gasteiger partial charge >= 0.3 is 0 Å².